The van der Waals surface area contributed by atoms with Crippen molar-refractivity contribution in [3.05, 3.63) is 35.6 Å². The van der Waals surface area contributed by atoms with Crippen LogP contribution in [0.1, 0.15) is 45.1 Å². The monoisotopic (exact) mass is 194 g/mol. The summed E-state index contributed by atoms with van der Waals surface area (Å²) in [5.74, 6) is 0.955. The van der Waals surface area contributed by atoms with Crippen molar-refractivity contribution in [2.24, 2.45) is 5.92 Å². The minimum absolute atomic E-state index is 0.121. The maximum atomic E-state index is 13.0. The van der Waals surface area contributed by atoms with E-state index in [-0.39, 0.29) is 5.82 Å². The van der Waals surface area contributed by atoms with E-state index in [9.17, 15) is 4.39 Å². The number of halogens is 1. The molecule has 0 aliphatic heterocycles. The highest BCUT2D eigenvalue weighted by molar-refractivity contribution is 5.21. The molecule has 0 heterocycles. The standard InChI is InChI=1S/C13H19F/c1-4-6-13(10(2)3)11-7-5-8-12(14)9-11/h5,7-10,13H,4,6H2,1-3H3. The lowest BCUT2D eigenvalue weighted by atomic mass is 9.85. The molecule has 0 aliphatic carbocycles. The van der Waals surface area contributed by atoms with Crippen LogP contribution in [0.25, 0.3) is 0 Å². The first-order valence-electron chi connectivity index (χ1n) is 5.40. The molecule has 0 N–H and O–H groups in total. The van der Waals surface area contributed by atoms with Gasteiger partial charge >= 0.3 is 0 Å². The summed E-state index contributed by atoms with van der Waals surface area (Å²) in [6.45, 7) is 6.57. The Morgan fingerprint density at radius 2 is 2.00 bits per heavy atom. The molecule has 0 nitrogen and oxygen atoms in total. The van der Waals surface area contributed by atoms with Gasteiger partial charge in [0.25, 0.3) is 0 Å². The first kappa shape index (κ1) is 11.2. The quantitative estimate of drug-likeness (QED) is 0.667. The van der Waals surface area contributed by atoms with Gasteiger partial charge in [0.15, 0.2) is 0 Å². The van der Waals surface area contributed by atoms with E-state index in [1.165, 1.54) is 6.07 Å². The van der Waals surface area contributed by atoms with Gasteiger partial charge in [-0.1, -0.05) is 39.3 Å². The van der Waals surface area contributed by atoms with Crippen molar-refractivity contribution in [1.29, 1.82) is 0 Å². The highest BCUT2D eigenvalue weighted by Crippen LogP contribution is 2.29. The lowest BCUT2D eigenvalue weighted by molar-refractivity contribution is 0.461. The van der Waals surface area contributed by atoms with Gasteiger partial charge in [-0.25, -0.2) is 4.39 Å². The molecule has 0 saturated carbocycles. The van der Waals surface area contributed by atoms with Gasteiger partial charge in [-0.15, -0.1) is 0 Å². The van der Waals surface area contributed by atoms with Crippen LogP contribution in [-0.2, 0) is 0 Å². The molecule has 0 aliphatic rings. The molecule has 1 heteroatoms. The molecular weight excluding hydrogens is 175 g/mol. The van der Waals surface area contributed by atoms with E-state index in [4.69, 9.17) is 0 Å². The van der Waals surface area contributed by atoms with Gasteiger partial charge in [0, 0.05) is 0 Å². The van der Waals surface area contributed by atoms with E-state index < -0.39 is 0 Å². The van der Waals surface area contributed by atoms with Crippen molar-refractivity contribution < 1.29 is 4.39 Å². The summed E-state index contributed by atoms with van der Waals surface area (Å²) in [5, 5.41) is 0. The molecular formula is C13H19F. The normalized spacial score (nSPS) is 13.2. The molecule has 1 aromatic rings. The average molecular weight is 194 g/mol. The predicted molar refractivity (Wildman–Crippen MR) is 58.9 cm³/mol. The maximum Gasteiger partial charge on any atom is 0.123 e. The molecule has 1 aromatic carbocycles. The number of benzene rings is 1. The summed E-state index contributed by atoms with van der Waals surface area (Å²) in [5.41, 5.74) is 1.14. The highest BCUT2D eigenvalue weighted by atomic mass is 19.1. The zero-order chi connectivity index (χ0) is 10.6. The lowest BCUT2D eigenvalue weighted by Gasteiger charge is -2.20. The largest absolute Gasteiger partial charge is 0.207 e. The third kappa shape index (κ3) is 2.83. The minimum Gasteiger partial charge on any atom is -0.207 e. The van der Waals surface area contributed by atoms with E-state index in [0.717, 1.165) is 18.4 Å². The van der Waals surface area contributed by atoms with Crippen molar-refractivity contribution in [2.45, 2.75) is 39.5 Å². The van der Waals surface area contributed by atoms with Gasteiger partial charge in [0.05, 0.1) is 0 Å². The topological polar surface area (TPSA) is 0 Å². The van der Waals surface area contributed by atoms with Crippen LogP contribution >= 0.6 is 0 Å². The fraction of sp³-hybridized carbons (Fsp3) is 0.538. The van der Waals surface area contributed by atoms with Gasteiger partial charge in [-0.05, 0) is 36.0 Å². The van der Waals surface area contributed by atoms with Crippen LogP contribution in [0, 0.1) is 11.7 Å². The zero-order valence-electron chi connectivity index (χ0n) is 9.26. The number of hydrogen-bond donors (Lipinski definition) is 0. The van der Waals surface area contributed by atoms with E-state index in [0.29, 0.717) is 11.8 Å². The molecule has 14 heavy (non-hydrogen) atoms. The maximum absolute atomic E-state index is 13.0. The number of rotatable bonds is 4. The molecule has 1 atom stereocenters. The van der Waals surface area contributed by atoms with Gasteiger partial charge in [0.1, 0.15) is 5.82 Å². The Balaban J connectivity index is 2.87. The van der Waals surface area contributed by atoms with E-state index in [1.807, 2.05) is 6.07 Å². The third-order valence-corrected chi connectivity index (χ3v) is 2.68. The molecule has 0 bridgehead atoms. The van der Waals surface area contributed by atoms with Crippen LogP contribution in [-0.4, -0.2) is 0 Å². The van der Waals surface area contributed by atoms with Gasteiger partial charge < -0.3 is 0 Å². The van der Waals surface area contributed by atoms with Crippen LogP contribution in [0.5, 0.6) is 0 Å². The fourth-order valence-corrected chi connectivity index (χ4v) is 1.93. The SMILES string of the molecule is CCCC(c1cccc(F)c1)C(C)C. The van der Waals surface area contributed by atoms with E-state index in [1.54, 1.807) is 12.1 Å². The summed E-state index contributed by atoms with van der Waals surface area (Å²) in [6, 6.07) is 7.01. The smallest absolute Gasteiger partial charge is 0.123 e. The van der Waals surface area contributed by atoms with Gasteiger partial charge in [0.2, 0.25) is 0 Å². The van der Waals surface area contributed by atoms with Crippen molar-refractivity contribution in [2.75, 3.05) is 0 Å². The molecule has 0 amide bonds. The van der Waals surface area contributed by atoms with Gasteiger partial charge in [-0.3, -0.25) is 0 Å². The van der Waals surface area contributed by atoms with Crippen LogP contribution in [0.15, 0.2) is 24.3 Å². The molecule has 78 valence electrons. The molecule has 1 rings (SSSR count). The summed E-state index contributed by atoms with van der Waals surface area (Å²) in [4.78, 5) is 0. The van der Waals surface area contributed by atoms with Gasteiger partial charge in [-0.2, -0.15) is 0 Å². The highest BCUT2D eigenvalue weighted by Gasteiger charge is 2.14. The molecule has 0 radical (unpaired) electrons. The Bertz CT molecular complexity index is 278. The number of hydrogen-bond acceptors (Lipinski definition) is 0. The second-order valence-electron chi connectivity index (χ2n) is 4.19. The van der Waals surface area contributed by atoms with Crippen LogP contribution in [0.2, 0.25) is 0 Å². The van der Waals surface area contributed by atoms with E-state index >= 15 is 0 Å². The predicted octanol–water partition coefficient (Wildman–Crippen LogP) is 4.37. The molecule has 1 unspecified atom stereocenters. The summed E-state index contributed by atoms with van der Waals surface area (Å²) >= 11 is 0. The molecule has 0 saturated heterocycles. The summed E-state index contributed by atoms with van der Waals surface area (Å²) in [6.07, 6.45) is 2.29. The Hall–Kier alpha value is -0.850. The Morgan fingerprint density at radius 1 is 1.29 bits per heavy atom. The van der Waals surface area contributed by atoms with Crippen LogP contribution in [0.3, 0.4) is 0 Å². The zero-order valence-corrected chi connectivity index (χ0v) is 9.26. The molecule has 0 fully saturated rings. The van der Waals surface area contributed by atoms with E-state index in [2.05, 4.69) is 20.8 Å². The summed E-state index contributed by atoms with van der Waals surface area (Å²) in [7, 11) is 0. The Labute approximate surface area is 86.2 Å². The van der Waals surface area contributed by atoms with Crippen LogP contribution < -0.4 is 0 Å². The third-order valence-electron chi connectivity index (χ3n) is 2.68. The average Bonchev–Trinajstić information content (AvgIpc) is 2.13. The Kier molecular flexibility index (Phi) is 4.12. The molecule has 0 aromatic heterocycles. The minimum atomic E-state index is -0.121. The second-order valence-corrected chi connectivity index (χ2v) is 4.19. The summed E-state index contributed by atoms with van der Waals surface area (Å²) < 4.78 is 13.0. The van der Waals surface area contributed by atoms with Crippen molar-refractivity contribution in [3.63, 3.8) is 0 Å². The molecule has 0 spiro atoms. The van der Waals surface area contributed by atoms with Crippen molar-refractivity contribution in [3.8, 4) is 0 Å². The fourth-order valence-electron chi connectivity index (χ4n) is 1.93. The first-order chi connectivity index (χ1) is 6.65. The lowest BCUT2D eigenvalue weighted by Crippen LogP contribution is -2.06. The van der Waals surface area contributed by atoms with Crippen molar-refractivity contribution >= 4 is 0 Å². The second kappa shape index (κ2) is 5.14. The van der Waals surface area contributed by atoms with Crippen molar-refractivity contribution in [1.82, 2.24) is 0 Å². The van der Waals surface area contributed by atoms with Crippen LogP contribution in [0.4, 0.5) is 4.39 Å². The Morgan fingerprint density at radius 3 is 2.50 bits per heavy atom. The first-order valence-corrected chi connectivity index (χ1v) is 5.40.